The van der Waals surface area contributed by atoms with Gasteiger partial charge in [0, 0.05) is 25.4 Å². The van der Waals surface area contributed by atoms with Crippen LogP contribution in [0, 0.1) is 0 Å². The second-order valence-electron chi connectivity index (χ2n) is 6.68. The summed E-state index contributed by atoms with van der Waals surface area (Å²) in [5.41, 5.74) is 1.87. The number of imidazole rings is 1. The van der Waals surface area contributed by atoms with Crippen molar-refractivity contribution in [1.82, 2.24) is 20.2 Å². The number of carbonyl (C=O) groups excluding carboxylic acids is 2. The first kappa shape index (κ1) is 19.9. The van der Waals surface area contributed by atoms with Crippen LogP contribution >= 0.6 is 0 Å². The monoisotopic (exact) mass is 358 g/mol. The van der Waals surface area contributed by atoms with E-state index in [2.05, 4.69) is 22.5 Å². The van der Waals surface area contributed by atoms with Gasteiger partial charge in [-0.15, -0.1) is 0 Å². The Bertz CT molecular complexity index is 738. The number of nitrogens with zero attached hydrogens (tertiary/aromatic N) is 2. The summed E-state index contributed by atoms with van der Waals surface area (Å²) in [7, 11) is 0. The molecule has 1 unspecified atom stereocenters. The van der Waals surface area contributed by atoms with Crippen molar-refractivity contribution in [3.05, 3.63) is 30.1 Å². The Hall–Kier alpha value is -2.37. The number of rotatable bonds is 10. The predicted octanol–water partition coefficient (Wildman–Crippen LogP) is 2.80. The summed E-state index contributed by atoms with van der Waals surface area (Å²) >= 11 is 0. The molecule has 2 aromatic rings. The minimum Gasteiger partial charge on any atom is -0.356 e. The van der Waals surface area contributed by atoms with Crippen LogP contribution in [-0.2, 0) is 22.6 Å². The molecule has 1 atom stereocenters. The normalized spacial score (nSPS) is 12.1. The topological polar surface area (TPSA) is 76.0 Å². The molecule has 0 aliphatic carbocycles. The zero-order valence-corrected chi connectivity index (χ0v) is 16.0. The van der Waals surface area contributed by atoms with Crippen molar-refractivity contribution in [1.29, 1.82) is 0 Å². The van der Waals surface area contributed by atoms with Crippen molar-refractivity contribution < 1.29 is 9.59 Å². The summed E-state index contributed by atoms with van der Waals surface area (Å²) < 4.78 is 1.99. The molecule has 0 saturated heterocycles. The Morgan fingerprint density at radius 3 is 2.69 bits per heavy atom. The summed E-state index contributed by atoms with van der Waals surface area (Å²) in [6.07, 6.45) is 3.84. The van der Waals surface area contributed by atoms with Crippen LogP contribution in [0.15, 0.2) is 24.3 Å². The van der Waals surface area contributed by atoms with E-state index in [-0.39, 0.29) is 24.4 Å². The number of aromatic nitrogens is 2. The van der Waals surface area contributed by atoms with Gasteiger partial charge in [-0.2, -0.15) is 0 Å². The SMILES string of the molecule is CCCC(=O)NCCCc1nc2ccccc2n1CC(=O)NC(C)CC. The highest BCUT2D eigenvalue weighted by molar-refractivity contribution is 5.81. The minimum absolute atomic E-state index is 0.00000151. The third kappa shape index (κ3) is 5.58. The predicted molar refractivity (Wildman–Crippen MR) is 104 cm³/mol. The summed E-state index contributed by atoms with van der Waals surface area (Å²) in [6.45, 7) is 6.94. The van der Waals surface area contributed by atoms with Gasteiger partial charge in [0.2, 0.25) is 11.8 Å². The maximum absolute atomic E-state index is 12.4. The van der Waals surface area contributed by atoms with E-state index in [0.717, 1.165) is 42.5 Å². The van der Waals surface area contributed by atoms with Crippen molar-refractivity contribution in [3.8, 4) is 0 Å². The Kier molecular flexibility index (Phi) is 7.63. The molecule has 1 heterocycles. The highest BCUT2D eigenvalue weighted by Crippen LogP contribution is 2.17. The Morgan fingerprint density at radius 2 is 1.96 bits per heavy atom. The van der Waals surface area contributed by atoms with Crippen molar-refractivity contribution in [2.45, 2.75) is 65.5 Å². The molecule has 6 heteroatoms. The van der Waals surface area contributed by atoms with Gasteiger partial charge < -0.3 is 15.2 Å². The summed E-state index contributed by atoms with van der Waals surface area (Å²) in [5.74, 6) is 0.976. The zero-order valence-electron chi connectivity index (χ0n) is 16.0. The van der Waals surface area contributed by atoms with Gasteiger partial charge in [-0.05, 0) is 38.3 Å². The molecular formula is C20H30N4O2. The molecule has 0 bridgehead atoms. The summed E-state index contributed by atoms with van der Waals surface area (Å²) in [5, 5.41) is 5.94. The molecule has 2 N–H and O–H groups in total. The molecule has 1 aromatic carbocycles. The lowest BCUT2D eigenvalue weighted by Crippen LogP contribution is -2.35. The third-order valence-electron chi connectivity index (χ3n) is 4.43. The number of hydrogen-bond donors (Lipinski definition) is 2. The number of aryl methyl sites for hydroxylation is 1. The lowest BCUT2D eigenvalue weighted by Gasteiger charge is -2.14. The van der Waals surface area contributed by atoms with Crippen LogP contribution in [-0.4, -0.2) is 34.0 Å². The van der Waals surface area contributed by atoms with E-state index in [1.807, 2.05) is 42.7 Å². The van der Waals surface area contributed by atoms with Crippen LogP contribution < -0.4 is 10.6 Å². The largest absolute Gasteiger partial charge is 0.356 e. The minimum atomic E-state index is 0.00000151. The van der Waals surface area contributed by atoms with Gasteiger partial charge in [-0.3, -0.25) is 9.59 Å². The van der Waals surface area contributed by atoms with E-state index in [9.17, 15) is 9.59 Å². The fourth-order valence-electron chi connectivity index (χ4n) is 2.85. The average Bonchev–Trinajstić information content (AvgIpc) is 2.96. The van der Waals surface area contributed by atoms with E-state index in [4.69, 9.17) is 0 Å². The first-order chi connectivity index (χ1) is 12.5. The number of benzene rings is 1. The van der Waals surface area contributed by atoms with Gasteiger partial charge in [0.15, 0.2) is 0 Å². The molecule has 0 saturated carbocycles. The molecule has 0 aliphatic rings. The van der Waals surface area contributed by atoms with E-state index < -0.39 is 0 Å². The highest BCUT2D eigenvalue weighted by Gasteiger charge is 2.14. The quantitative estimate of drug-likeness (QED) is 0.641. The number of para-hydroxylation sites is 2. The van der Waals surface area contributed by atoms with Crippen LogP contribution in [0.25, 0.3) is 11.0 Å². The van der Waals surface area contributed by atoms with Gasteiger partial charge in [-0.25, -0.2) is 4.98 Å². The van der Waals surface area contributed by atoms with Crippen molar-refractivity contribution in [2.24, 2.45) is 0 Å². The van der Waals surface area contributed by atoms with E-state index in [0.29, 0.717) is 13.0 Å². The number of fused-ring (bicyclic) bond motifs is 1. The molecule has 2 rings (SSSR count). The van der Waals surface area contributed by atoms with Crippen LogP contribution in [0.1, 0.15) is 52.3 Å². The van der Waals surface area contributed by atoms with Gasteiger partial charge in [0.1, 0.15) is 12.4 Å². The van der Waals surface area contributed by atoms with Crippen molar-refractivity contribution in [3.63, 3.8) is 0 Å². The molecule has 1 aromatic heterocycles. The van der Waals surface area contributed by atoms with E-state index in [1.165, 1.54) is 0 Å². The number of amides is 2. The van der Waals surface area contributed by atoms with Crippen LogP contribution in [0.5, 0.6) is 0 Å². The molecule has 26 heavy (non-hydrogen) atoms. The molecule has 2 amide bonds. The molecular weight excluding hydrogens is 328 g/mol. The van der Waals surface area contributed by atoms with Crippen molar-refractivity contribution in [2.75, 3.05) is 6.54 Å². The molecule has 0 radical (unpaired) electrons. The second-order valence-corrected chi connectivity index (χ2v) is 6.68. The second kappa shape index (κ2) is 9.94. The maximum atomic E-state index is 12.4. The van der Waals surface area contributed by atoms with Gasteiger partial charge in [-0.1, -0.05) is 26.0 Å². The van der Waals surface area contributed by atoms with Gasteiger partial charge in [0.05, 0.1) is 11.0 Å². The lowest BCUT2D eigenvalue weighted by molar-refractivity contribution is -0.122. The fraction of sp³-hybridized carbons (Fsp3) is 0.550. The summed E-state index contributed by atoms with van der Waals surface area (Å²) in [4.78, 5) is 28.6. The van der Waals surface area contributed by atoms with Crippen LogP contribution in [0.4, 0.5) is 0 Å². The highest BCUT2D eigenvalue weighted by atomic mass is 16.2. The maximum Gasteiger partial charge on any atom is 0.240 e. The Morgan fingerprint density at radius 1 is 1.19 bits per heavy atom. The smallest absolute Gasteiger partial charge is 0.240 e. The van der Waals surface area contributed by atoms with Gasteiger partial charge >= 0.3 is 0 Å². The lowest BCUT2D eigenvalue weighted by atomic mass is 10.2. The molecule has 142 valence electrons. The summed E-state index contributed by atoms with van der Waals surface area (Å²) in [6, 6.07) is 8.03. The first-order valence-electron chi connectivity index (χ1n) is 9.55. The van der Waals surface area contributed by atoms with Crippen LogP contribution in [0.2, 0.25) is 0 Å². The molecule has 6 nitrogen and oxygen atoms in total. The fourth-order valence-corrected chi connectivity index (χ4v) is 2.85. The zero-order chi connectivity index (χ0) is 18.9. The van der Waals surface area contributed by atoms with Crippen molar-refractivity contribution >= 4 is 22.8 Å². The number of hydrogen-bond acceptors (Lipinski definition) is 3. The molecule has 0 aliphatic heterocycles. The number of nitrogens with one attached hydrogen (secondary N) is 2. The third-order valence-corrected chi connectivity index (χ3v) is 4.43. The Labute approximate surface area is 155 Å². The average molecular weight is 358 g/mol. The van der Waals surface area contributed by atoms with Crippen LogP contribution in [0.3, 0.4) is 0 Å². The van der Waals surface area contributed by atoms with Gasteiger partial charge in [0.25, 0.3) is 0 Å². The molecule has 0 fully saturated rings. The molecule has 0 spiro atoms. The van der Waals surface area contributed by atoms with E-state index in [1.54, 1.807) is 0 Å². The Balaban J connectivity index is 2.05. The number of carbonyl (C=O) groups is 2. The standard InChI is InChI=1S/C20H30N4O2/c1-4-9-19(25)21-13-8-12-18-23-16-10-6-7-11-17(16)24(18)14-20(26)22-15(3)5-2/h6-7,10-11,15H,4-5,8-9,12-14H2,1-3H3,(H,21,25)(H,22,26). The first-order valence-corrected chi connectivity index (χ1v) is 9.55. The van der Waals surface area contributed by atoms with E-state index >= 15 is 0 Å².